The van der Waals surface area contributed by atoms with Crippen LogP contribution >= 0.6 is 31.9 Å². The topological polar surface area (TPSA) is 63.6 Å². The summed E-state index contributed by atoms with van der Waals surface area (Å²) in [5, 5.41) is 9.56. The van der Waals surface area contributed by atoms with Crippen LogP contribution in [-0.2, 0) is 14.3 Å². The molecular formula is C8H8Br2O4. The Balaban J connectivity index is 2.87. The Morgan fingerprint density at radius 2 is 2.21 bits per heavy atom. The van der Waals surface area contributed by atoms with Crippen molar-refractivity contribution in [3.63, 3.8) is 0 Å². The van der Waals surface area contributed by atoms with Gasteiger partial charge in [0.15, 0.2) is 5.78 Å². The average molecular weight is 328 g/mol. The molecule has 78 valence electrons. The minimum atomic E-state index is -1.05. The molecule has 6 heteroatoms. The average Bonchev–Trinajstić information content (AvgIpc) is 2.10. The van der Waals surface area contributed by atoms with Crippen LogP contribution in [0.3, 0.4) is 0 Å². The number of rotatable bonds is 1. The lowest BCUT2D eigenvalue weighted by molar-refractivity contribution is -0.150. The first-order chi connectivity index (χ1) is 6.43. The summed E-state index contributed by atoms with van der Waals surface area (Å²) in [5.74, 6) is -0.763. The lowest BCUT2D eigenvalue weighted by Crippen LogP contribution is -2.43. The Hall–Kier alpha value is -0.200. The summed E-state index contributed by atoms with van der Waals surface area (Å²) in [7, 11) is 0. The van der Waals surface area contributed by atoms with E-state index in [1.165, 1.54) is 13.0 Å². The number of aliphatic hydroxyl groups excluding tert-OH is 1. The highest BCUT2D eigenvalue weighted by molar-refractivity contribution is 9.12. The van der Waals surface area contributed by atoms with Crippen LogP contribution in [0.1, 0.15) is 6.92 Å². The first-order valence-corrected chi connectivity index (χ1v) is 5.55. The van der Waals surface area contributed by atoms with Crippen molar-refractivity contribution in [3.8, 4) is 0 Å². The molecule has 0 saturated carbocycles. The fourth-order valence-electron chi connectivity index (χ4n) is 1.07. The molecule has 4 nitrogen and oxygen atoms in total. The summed E-state index contributed by atoms with van der Waals surface area (Å²) in [4.78, 5) is 21.2. The highest BCUT2D eigenvalue weighted by Crippen LogP contribution is 2.27. The number of Topliss-reactive ketones (excluding diaryl/α,β-unsaturated/α-hetero) is 1. The zero-order valence-corrected chi connectivity index (χ0v) is 10.4. The molecule has 0 bridgehead atoms. The number of ketones is 1. The molecule has 0 aromatic carbocycles. The van der Waals surface area contributed by atoms with E-state index in [9.17, 15) is 14.7 Å². The van der Waals surface area contributed by atoms with Gasteiger partial charge >= 0.3 is 5.97 Å². The van der Waals surface area contributed by atoms with Gasteiger partial charge in [-0.2, -0.15) is 0 Å². The van der Waals surface area contributed by atoms with Crippen molar-refractivity contribution in [2.24, 2.45) is 0 Å². The largest absolute Gasteiger partial charge is 0.455 e. The van der Waals surface area contributed by atoms with Crippen LogP contribution in [0.25, 0.3) is 0 Å². The maximum atomic E-state index is 11.3. The smallest absolute Gasteiger partial charge is 0.303 e. The van der Waals surface area contributed by atoms with Gasteiger partial charge < -0.3 is 9.84 Å². The Kier molecular flexibility index (Phi) is 3.86. The van der Waals surface area contributed by atoms with E-state index < -0.39 is 23.0 Å². The monoisotopic (exact) mass is 326 g/mol. The van der Waals surface area contributed by atoms with Gasteiger partial charge in [-0.05, 0) is 22.0 Å². The Morgan fingerprint density at radius 1 is 1.64 bits per heavy atom. The van der Waals surface area contributed by atoms with Crippen LogP contribution in [0.15, 0.2) is 10.6 Å². The molecule has 0 radical (unpaired) electrons. The lowest BCUT2D eigenvalue weighted by atomic mass is 10.0. The molecule has 1 N–H and O–H groups in total. The highest BCUT2D eigenvalue weighted by Gasteiger charge is 2.37. The second-order valence-corrected chi connectivity index (χ2v) is 4.69. The standard InChI is InChI=1S/C8H8Br2O4/c1-3(11)14-5-2-4(9)7(12)6(10)8(5)13/h2,5-6,8,13H,1H3. The van der Waals surface area contributed by atoms with E-state index in [4.69, 9.17) is 4.74 Å². The van der Waals surface area contributed by atoms with E-state index >= 15 is 0 Å². The summed E-state index contributed by atoms with van der Waals surface area (Å²) in [6.07, 6.45) is -0.455. The summed E-state index contributed by atoms with van der Waals surface area (Å²) in [6, 6.07) is 0. The van der Waals surface area contributed by atoms with Gasteiger partial charge in [0, 0.05) is 6.92 Å². The van der Waals surface area contributed by atoms with Crippen molar-refractivity contribution in [2.75, 3.05) is 0 Å². The fourth-order valence-corrected chi connectivity index (χ4v) is 2.44. The number of halogens is 2. The van der Waals surface area contributed by atoms with Gasteiger partial charge in [-0.1, -0.05) is 15.9 Å². The van der Waals surface area contributed by atoms with E-state index in [1.807, 2.05) is 0 Å². The number of aliphatic hydroxyl groups is 1. The third kappa shape index (κ3) is 2.43. The van der Waals surface area contributed by atoms with Crippen LogP contribution < -0.4 is 0 Å². The van der Waals surface area contributed by atoms with Crippen LogP contribution in [0.4, 0.5) is 0 Å². The number of hydrogen-bond donors (Lipinski definition) is 1. The maximum Gasteiger partial charge on any atom is 0.303 e. The van der Waals surface area contributed by atoms with Gasteiger partial charge in [-0.3, -0.25) is 9.59 Å². The molecule has 0 spiro atoms. The first kappa shape index (κ1) is 11.9. The van der Waals surface area contributed by atoms with Crippen LogP contribution in [0, 0.1) is 0 Å². The van der Waals surface area contributed by atoms with Gasteiger partial charge in [0.1, 0.15) is 17.0 Å². The summed E-state index contributed by atoms with van der Waals surface area (Å²) in [5.41, 5.74) is 0. The highest BCUT2D eigenvalue weighted by atomic mass is 79.9. The SMILES string of the molecule is CC(=O)OC1C=C(Br)C(=O)C(Br)C1O. The summed E-state index contributed by atoms with van der Waals surface area (Å²) >= 11 is 6.06. The summed E-state index contributed by atoms with van der Waals surface area (Å²) < 4.78 is 5.12. The number of esters is 1. The number of allylic oxidation sites excluding steroid dienone is 1. The van der Waals surface area contributed by atoms with Crippen LogP contribution in [0.5, 0.6) is 0 Å². The zero-order valence-electron chi connectivity index (χ0n) is 7.24. The van der Waals surface area contributed by atoms with Crippen molar-refractivity contribution in [1.29, 1.82) is 0 Å². The molecule has 14 heavy (non-hydrogen) atoms. The Morgan fingerprint density at radius 3 is 2.71 bits per heavy atom. The maximum absolute atomic E-state index is 11.3. The molecular weight excluding hydrogens is 320 g/mol. The summed E-state index contributed by atoms with van der Waals surface area (Å²) in [6.45, 7) is 1.24. The molecule has 0 aromatic heterocycles. The van der Waals surface area contributed by atoms with Gasteiger partial charge in [0.05, 0.1) is 4.48 Å². The Bertz CT molecular complexity index is 300. The molecule has 3 atom stereocenters. The predicted octanol–water partition coefficient (Wildman–Crippen LogP) is 0.904. The molecule has 0 aliphatic heterocycles. The zero-order chi connectivity index (χ0) is 10.9. The quantitative estimate of drug-likeness (QED) is 0.574. The van der Waals surface area contributed by atoms with Gasteiger partial charge in [0.2, 0.25) is 0 Å². The first-order valence-electron chi connectivity index (χ1n) is 3.84. The number of hydrogen-bond acceptors (Lipinski definition) is 4. The number of ether oxygens (including phenoxy) is 1. The molecule has 1 aliphatic carbocycles. The second-order valence-electron chi connectivity index (χ2n) is 2.85. The third-order valence-corrected chi connectivity index (χ3v) is 3.35. The number of carbonyl (C=O) groups is 2. The minimum absolute atomic E-state index is 0.263. The van der Waals surface area contributed by atoms with Crippen LogP contribution in [-0.4, -0.2) is 33.9 Å². The third-order valence-electron chi connectivity index (χ3n) is 1.73. The lowest BCUT2D eigenvalue weighted by Gasteiger charge is -2.27. The van der Waals surface area contributed by atoms with E-state index in [2.05, 4.69) is 31.9 Å². The van der Waals surface area contributed by atoms with Gasteiger partial charge in [0.25, 0.3) is 0 Å². The van der Waals surface area contributed by atoms with Crippen molar-refractivity contribution < 1.29 is 19.4 Å². The van der Waals surface area contributed by atoms with Crippen molar-refractivity contribution in [2.45, 2.75) is 24.0 Å². The normalized spacial score (nSPS) is 32.4. The van der Waals surface area contributed by atoms with E-state index in [0.29, 0.717) is 4.48 Å². The minimum Gasteiger partial charge on any atom is -0.455 e. The molecule has 0 saturated heterocycles. The molecule has 1 aliphatic rings. The molecule has 0 fully saturated rings. The molecule has 0 aromatic rings. The number of alkyl halides is 1. The van der Waals surface area contributed by atoms with Crippen molar-refractivity contribution in [1.82, 2.24) is 0 Å². The molecule has 0 amide bonds. The van der Waals surface area contributed by atoms with Crippen molar-refractivity contribution >= 4 is 43.6 Å². The Labute approximate surface area is 97.6 Å². The predicted molar refractivity (Wildman–Crippen MR) is 56.3 cm³/mol. The molecule has 1 rings (SSSR count). The van der Waals surface area contributed by atoms with E-state index in [0.717, 1.165) is 0 Å². The molecule has 3 unspecified atom stereocenters. The van der Waals surface area contributed by atoms with E-state index in [1.54, 1.807) is 0 Å². The molecule has 0 heterocycles. The van der Waals surface area contributed by atoms with Gasteiger partial charge in [-0.25, -0.2) is 0 Å². The fraction of sp³-hybridized carbons (Fsp3) is 0.500. The number of carbonyl (C=O) groups excluding carboxylic acids is 2. The van der Waals surface area contributed by atoms with E-state index in [-0.39, 0.29) is 5.78 Å². The van der Waals surface area contributed by atoms with Gasteiger partial charge in [-0.15, -0.1) is 0 Å². The van der Waals surface area contributed by atoms with Crippen molar-refractivity contribution in [3.05, 3.63) is 10.6 Å². The second kappa shape index (κ2) is 4.55. The van der Waals surface area contributed by atoms with Crippen LogP contribution in [0.2, 0.25) is 0 Å².